The zero-order chi connectivity index (χ0) is 13.5. The Morgan fingerprint density at radius 3 is 2.74 bits per heavy atom. The van der Waals surface area contributed by atoms with Crippen molar-refractivity contribution in [3.8, 4) is 5.75 Å². The second-order valence-corrected chi connectivity index (χ2v) is 5.28. The van der Waals surface area contributed by atoms with Gasteiger partial charge in [-0.15, -0.1) is 0 Å². The molecule has 2 N–H and O–H groups in total. The summed E-state index contributed by atoms with van der Waals surface area (Å²) in [6, 6.07) is 7.86. The van der Waals surface area contributed by atoms with Crippen molar-refractivity contribution in [2.45, 2.75) is 51.2 Å². The monoisotopic (exact) mass is 263 g/mol. The Morgan fingerprint density at radius 2 is 2.11 bits per heavy atom. The van der Waals surface area contributed by atoms with Crippen LogP contribution in [0.2, 0.25) is 0 Å². The normalized spacial score (nSPS) is 21.2. The first kappa shape index (κ1) is 14.4. The molecule has 2 atom stereocenters. The molecule has 1 aliphatic heterocycles. The van der Waals surface area contributed by atoms with Crippen LogP contribution in [0.1, 0.15) is 50.6 Å². The summed E-state index contributed by atoms with van der Waals surface area (Å²) >= 11 is 0. The third-order valence-corrected chi connectivity index (χ3v) is 3.83. The summed E-state index contributed by atoms with van der Waals surface area (Å²) < 4.78 is 5.74. The molecule has 1 saturated heterocycles. The van der Waals surface area contributed by atoms with Crippen LogP contribution in [-0.2, 0) is 4.74 Å². The van der Waals surface area contributed by atoms with Crippen LogP contribution in [0.15, 0.2) is 24.3 Å². The van der Waals surface area contributed by atoms with Crippen molar-refractivity contribution in [2.24, 2.45) is 0 Å². The van der Waals surface area contributed by atoms with E-state index in [0.717, 1.165) is 26.0 Å². The maximum Gasteiger partial charge on any atom is 0.115 e. The number of hydrogen-bond acceptors (Lipinski definition) is 3. The van der Waals surface area contributed by atoms with E-state index in [1.165, 1.54) is 24.8 Å². The molecule has 2 unspecified atom stereocenters. The zero-order valence-electron chi connectivity index (χ0n) is 11.8. The van der Waals surface area contributed by atoms with E-state index >= 15 is 0 Å². The third kappa shape index (κ3) is 4.51. The molecular formula is C16H25NO2. The molecule has 106 valence electrons. The summed E-state index contributed by atoms with van der Waals surface area (Å²) in [5.41, 5.74) is 1.24. The minimum atomic E-state index is 0.328. The van der Waals surface area contributed by atoms with Crippen molar-refractivity contribution >= 4 is 0 Å². The first-order chi connectivity index (χ1) is 9.29. The lowest BCUT2D eigenvalue weighted by atomic mass is 10.0. The Hall–Kier alpha value is -1.06. The minimum Gasteiger partial charge on any atom is -0.508 e. The molecular weight excluding hydrogens is 238 g/mol. The van der Waals surface area contributed by atoms with E-state index in [1.807, 2.05) is 12.1 Å². The van der Waals surface area contributed by atoms with Gasteiger partial charge in [-0.1, -0.05) is 19.1 Å². The number of ether oxygens (including phenoxy) is 1. The van der Waals surface area contributed by atoms with Gasteiger partial charge in [-0.3, -0.25) is 0 Å². The lowest BCUT2D eigenvalue weighted by molar-refractivity contribution is 0.0112. The van der Waals surface area contributed by atoms with Crippen molar-refractivity contribution < 1.29 is 9.84 Å². The fourth-order valence-electron chi connectivity index (χ4n) is 2.66. The maximum absolute atomic E-state index is 9.32. The predicted octanol–water partition coefficient (Wildman–Crippen LogP) is 3.39. The van der Waals surface area contributed by atoms with Gasteiger partial charge in [0, 0.05) is 12.6 Å². The standard InChI is InChI=1S/C16H25NO2/c1-2-16(13-6-8-14(18)9-7-13)17-11-10-15-5-3-4-12-19-15/h6-9,15-18H,2-5,10-12H2,1H3. The van der Waals surface area contributed by atoms with Crippen molar-refractivity contribution in [1.29, 1.82) is 0 Å². The van der Waals surface area contributed by atoms with Crippen LogP contribution in [0.25, 0.3) is 0 Å². The topological polar surface area (TPSA) is 41.5 Å². The van der Waals surface area contributed by atoms with E-state index in [0.29, 0.717) is 17.9 Å². The summed E-state index contributed by atoms with van der Waals surface area (Å²) in [7, 11) is 0. The fraction of sp³-hybridized carbons (Fsp3) is 0.625. The molecule has 0 radical (unpaired) electrons. The number of benzene rings is 1. The van der Waals surface area contributed by atoms with Crippen LogP contribution in [0.5, 0.6) is 5.75 Å². The summed E-state index contributed by atoms with van der Waals surface area (Å²) in [5, 5.41) is 12.9. The lowest BCUT2D eigenvalue weighted by Crippen LogP contribution is -2.27. The van der Waals surface area contributed by atoms with Gasteiger partial charge in [0.05, 0.1) is 6.10 Å². The molecule has 1 heterocycles. The Morgan fingerprint density at radius 1 is 1.32 bits per heavy atom. The van der Waals surface area contributed by atoms with E-state index in [9.17, 15) is 5.11 Å². The first-order valence-electron chi connectivity index (χ1n) is 7.43. The Bertz CT molecular complexity index is 358. The van der Waals surface area contributed by atoms with Crippen LogP contribution in [0.3, 0.4) is 0 Å². The Kier molecular flexibility index (Phi) is 5.67. The average molecular weight is 263 g/mol. The van der Waals surface area contributed by atoms with Gasteiger partial charge in [0.1, 0.15) is 5.75 Å². The number of rotatable bonds is 6. The van der Waals surface area contributed by atoms with Gasteiger partial charge in [0.25, 0.3) is 0 Å². The second-order valence-electron chi connectivity index (χ2n) is 5.28. The zero-order valence-corrected chi connectivity index (χ0v) is 11.8. The highest BCUT2D eigenvalue weighted by Gasteiger charge is 2.14. The smallest absolute Gasteiger partial charge is 0.115 e. The minimum absolute atomic E-state index is 0.328. The molecule has 3 nitrogen and oxygen atoms in total. The van der Waals surface area contributed by atoms with Gasteiger partial charge in [-0.25, -0.2) is 0 Å². The molecule has 1 aromatic carbocycles. The number of hydrogen-bond donors (Lipinski definition) is 2. The largest absolute Gasteiger partial charge is 0.508 e. The average Bonchev–Trinajstić information content (AvgIpc) is 2.46. The van der Waals surface area contributed by atoms with Gasteiger partial charge >= 0.3 is 0 Å². The van der Waals surface area contributed by atoms with Crippen LogP contribution < -0.4 is 5.32 Å². The molecule has 1 aliphatic rings. The summed E-state index contributed by atoms with van der Waals surface area (Å²) in [6.07, 6.45) is 6.32. The van der Waals surface area contributed by atoms with Gasteiger partial charge in [0.15, 0.2) is 0 Å². The van der Waals surface area contributed by atoms with Crippen molar-refractivity contribution in [2.75, 3.05) is 13.2 Å². The van der Waals surface area contributed by atoms with Crippen molar-refractivity contribution in [3.63, 3.8) is 0 Å². The van der Waals surface area contributed by atoms with Gasteiger partial charge in [-0.05, 0) is 56.3 Å². The quantitative estimate of drug-likeness (QED) is 0.826. The van der Waals surface area contributed by atoms with E-state index in [4.69, 9.17) is 4.74 Å². The van der Waals surface area contributed by atoms with Gasteiger partial charge in [-0.2, -0.15) is 0 Å². The van der Waals surface area contributed by atoms with Crippen LogP contribution >= 0.6 is 0 Å². The highest BCUT2D eigenvalue weighted by Crippen LogP contribution is 2.20. The van der Waals surface area contributed by atoms with Gasteiger partial charge in [0.2, 0.25) is 0 Å². The van der Waals surface area contributed by atoms with Crippen LogP contribution in [-0.4, -0.2) is 24.4 Å². The van der Waals surface area contributed by atoms with E-state index in [1.54, 1.807) is 12.1 Å². The Labute approximate surface area is 116 Å². The first-order valence-corrected chi connectivity index (χ1v) is 7.43. The summed E-state index contributed by atoms with van der Waals surface area (Å²) in [5.74, 6) is 0.328. The highest BCUT2D eigenvalue weighted by molar-refractivity contribution is 5.27. The maximum atomic E-state index is 9.32. The number of aromatic hydroxyl groups is 1. The molecule has 1 aromatic rings. The van der Waals surface area contributed by atoms with E-state index < -0.39 is 0 Å². The second kappa shape index (κ2) is 7.51. The molecule has 3 heteroatoms. The molecule has 0 saturated carbocycles. The van der Waals surface area contributed by atoms with Gasteiger partial charge < -0.3 is 15.2 Å². The van der Waals surface area contributed by atoms with E-state index in [2.05, 4.69) is 12.2 Å². The van der Waals surface area contributed by atoms with Crippen LogP contribution in [0.4, 0.5) is 0 Å². The molecule has 19 heavy (non-hydrogen) atoms. The lowest BCUT2D eigenvalue weighted by Gasteiger charge is -2.24. The summed E-state index contributed by atoms with van der Waals surface area (Å²) in [4.78, 5) is 0. The third-order valence-electron chi connectivity index (χ3n) is 3.83. The Balaban J connectivity index is 1.77. The number of nitrogens with one attached hydrogen (secondary N) is 1. The molecule has 0 aliphatic carbocycles. The molecule has 0 amide bonds. The molecule has 0 bridgehead atoms. The number of phenols is 1. The highest BCUT2D eigenvalue weighted by atomic mass is 16.5. The van der Waals surface area contributed by atoms with Crippen molar-refractivity contribution in [3.05, 3.63) is 29.8 Å². The van der Waals surface area contributed by atoms with Crippen molar-refractivity contribution in [1.82, 2.24) is 5.32 Å². The molecule has 1 fully saturated rings. The fourth-order valence-corrected chi connectivity index (χ4v) is 2.66. The van der Waals surface area contributed by atoms with E-state index in [-0.39, 0.29) is 0 Å². The molecule has 0 spiro atoms. The summed E-state index contributed by atoms with van der Waals surface area (Å²) in [6.45, 7) is 4.10. The number of phenolic OH excluding ortho intramolecular Hbond substituents is 1. The SMILES string of the molecule is CCC(NCCC1CCCCO1)c1ccc(O)cc1. The molecule has 0 aromatic heterocycles. The predicted molar refractivity (Wildman–Crippen MR) is 77.3 cm³/mol. The molecule has 2 rings (SSSR count). The van der Waals surface area contributed by atoms with Crippen LogP contribution in [0, 0.1) is 0 Å².